The number of nitrogens with one attached hydrogen (secondary N) is 2. The highest BCUT2D eigenvalue weighted by atomic mass is 35.5. The molecule has 1 saturated heterocycles. The van der Waals surface area contributed by atoms with Crippen LogP contribution in [0.1, 0.15) is 30.9 Å². The third-order valence-corrected chi connectivity index (χ3v) is 7.41. The number of benzene rings is 1. The fourth-order valence-corrected chi connectivity index (χ4v) is 5.32. The lowest BCUT2D eigenvalue weighted by molar-refractivity contribution is -0.137. The van der Waals surface area contributed by atoms with E-state index in [1.165, 1.54) is 6.07 Å². The van der Waals surface area contributed by atoms with Crippen molar-refractivity contribution < 1.29 is 22.7 Å². The fourth-order valence-electron chi connectivity index (χ4n) is 5.02. The third-order valence-electron chi connectivity index (χ3n) is 7.11. The molecular weight excluding hydrogens is 531 g/mol. The highest BCUT2D eigenvalue weighted by Crippen LogP contribution is 2.41. The van der Waals surface area contributed by atoms with E-state index in [9.17, 15) is 18.0 Å². The van der Waals surface area contributed by atoms with E-state index in [2.05, 4.69) is 20.6 Å². The molecule has 3 aromatic rings. The maximum atomic E-state index is 13.8. The Balaban J connectivity index is 1.63. The van der Waals surface area contributed by atoms with Crippen LogP contribution in [-0.4, -0.2) is 55.7 Å². The van der Waals surface area contributed by atoms with Crippen molar-refractivity contribution in [2.45, 2.75) is 37.4 Å². The molecule has 3 heterocycles. The van der Waals surface area contributed by atoms with Gasteiger partial charge in [0.05, 0.1) is 40.1 Å². The Bertz CT molecular complexity index is 1300. The summed E-state index contributed by atoms with van der Waals surface area (Å²) in [5.74, 6) is 0.338. The molecule has 1 fully saturated rings. The minimum Gasteiger partial charge on any atom is -0.481 e. The number of hydrogen-bond acceptors (Lipinski definition) is 6. The molecule has 7 nitrogen and oxygen atoms in total. The van der Waals surface area contributed by atoms with E-state index < -0.39 is 17.2 Å². The Morgan fingerprint density at radius 2 is 1.92 bits per heavy atom. The average molecular weight is 562 g/mol. The van der Waals surface area contributed by atoms with Crippen LogP contribution in [0.15, 0.2) is 54.9 Å². The molecule has 0 saturated carbocycles. The summed E-state index contributed by atoms with van der Waals surface area (Å²) in [6.45, 7) is 3.39. The monoisotopic (exact) mass is 561 g/mol. The van der Waals surface area contributed by atoms with Crippen LogP contribution in [0.2, 0.25) is 5.02 Å². The lowest BCUT2D eigenvalue weighted by Gasteiger charge is -2.42. The molecule has 2 aromatic heterocycles. The van der Waals surface area contributed by atoms with Gasteiger partial charge in [-0.3, -0.25) is 9.78 Å². The topological polar surface area (TPSA) is 79.4 Å². The quantitative estimate of drug-likeness (QED) is 0.399. The van der Waals surface area contributed by atoms with Gasteiger partial charge < -0.3 is 20.3 Å². The van der Waals surface area contributed by atoms with Crippen molar-refractivity contribution in [1.29, 1.82) is 0 Å². The molecule has 4 rings (SSSR count). The first-order valence-corrected chi connectivity index (χ1v) is 13.0. The number of hydrogen-bond donors (Lipinski definition) is 2. The van der Waals surface area contributed by atoms with E-state index in [4.69, 9.17) is 16.3 Å². The largest absolute Gasteiger partial charge is 0.481 e. The van der Waals surface area contributed by atoms with Gasteiger partial charge in [-0.15, -0.1) is 0 Å². The van der Waals surface area contributed by atoms with Gasteiger partial charge in [0.2, 0.25) is 11.8 Å². The highest BCUT2D eigenvalue weighted by Gasteiger charge is 2.44. The van der Waals surface area contributed by atoms with E-state index in [1.807, 2.05) is 37.1 Å². The molecule has 0 bridgehead atoms. The molecule has 2 N–H and O–H groups in total. The summed E-state index contributed by atoms with van der Waals surface area (Å²) >= 11 is 6.27. The number of aromatic nitrogens is 2. The fraction of sp³-hybridized carbons (Fsp3) is 0.393. The van der Waals surface area contributed by atoms with E-state index in [1.54, 1.807) is 25.6 Å². The van der Waals surface area contributed by atoms with Crippen LogP contribution in [-0.2, 0) is 16.4 Å². The Morgan fingerprint density at radius 3 is 2.51 bits per heavy atom. The van der Waals surface area contributed by atoms with Crippen LogP contribution in [0.3, 0.4) is 0 Å². The van der Waals surface area contributed by atoms with Crippen LogP contribution in [0.5, 0.6) is 5.88 Å². The highest BCUT2D eigenvalue weighted by molar-refractivity contribution is 6.33. The zero-order valence-electron chi connectivity index (χ0n) is 22.0. The Kier molecular flexibility index (Phi) is 8.66. The van der Waals surface area contributed by atoms with Crippen LogP contribution in [0.25, 0.3) is 11.3 Å². The van der Waals surface area contributed by atoms with Crippen LogP contribution in [0.4, 0.5) is 18.9 Å². The molecule has 11 heteroatoms. The number of carbonyl (C=O) groups is 1. The minimum absolute atomic E-state index is 0.0286. The molecule has 1 amide bonds. The van der Waals surface area contributed by atoms with Crippen LogP contribution < -0.4 is 20.3 Å². The number of halogens is 4. The minimum atomic E-state index is -4.47. The number of carbonyl (C=O) groups excluding carboxylic acids is 1. The molecule has 0 aliphatic carbocycles. The summed E-state index contributed by atoms with van der Waals surface area (Å²) in [6.07, 6.45) is -0.260. The lowest BCUT2D eigenvalue weighted by atomic mass is 9.72. The molecule has 0 spiro atoms. The molecule has 1 atom stereocenters. The first-order valence-electron chi connectivity index (χ1n) is 12.6. The second kappa shape index (κ2) is 11.8. The SMILES string of the molecule is CNC[C@H](C)NC(=O)C1(c2ccc(-c3cccnc3OC)nc2)CCN(c2ccc(C(F)(F)F)cc2Cl)CC1. The number of ether oxygens (including phenoxy) is 1. The lowest BCUT2D eigenvalue weighted by Crippen LogP contribution is -2.54. The van der Waals surface area contributed by atoms with Gasteiger partial charge in [-0.1, -0.05) is 17.7 Å². The van der Waals surface area contributed by atoms with Gasteiger partial charge in [-0.2, -0.15) is 13.2 Å². The predicted octanol–water partition coefficient (Wildman–Crippen LogP) is 5.09. The summed E-state index contributed by atoms with van der Waals surface area (Å²) in [7, 11) is 3.36. The summed E-state index contributed by atoms with van der Waals surface area (Å²) in [6, 6.07) is 10.7. The second-order valence-corrected chi connectivity index (χ2v) is 10.1. The summed E-state index contributed by atoms with van der Waals surface area (Å²) in [4.78, 5) is 24.6. The van der Waals surface area contributed by atoms with Crippen molar-refractivity contribution in [3.05, 3.63) is 71.0 Å². The van der Waals surface area contributed by atoms with E-state index >= 15 is 0 Å². The van der Waals surface area contributed by atoms with Gasteiger partial charge in [0, 0.05) is 38.1 Å². The Hall–Kier alpha value is -3.37. The average Bonchev–Trinajstić information content (AvgIpc) is 2.93. The van der Waals surface area contributed by atoms with Crippen molar-refractivity contribution in [2.75, 3.05) is 38.7 Å². The molecular formula is C28H31ClF3N5O2. The van der Waals surface area contributed by atoms with Gasteiger partial charge in [0.25, 0.3) is 0 Å². The second-order valence-electron chi connectivity index (χ2n) is 9.66. The maximum absolute atomic E-state index is 13.8. The standard InChI is InChI=1S/C28H31ClF3N5O2/c1-18(16-33-2)36-26(38)27(20-6-8-23(35-17-20)21-5-4-12-34-25(21)39-3)10-13-37(14-11-27)24-9-7-19(15-22(24)29)28(30,31)32/h4-9,12,15,17-18,33H,10-11,13-14,16H2,1-3H3,(H,36,38)/t18-/m0/s1. The van der Waals surface area contributed by atoms with Gasteiger partial charge >= 0.3 is 6.18 Å². The van der Waals surface area contributed by atoms with Crippen LogP contribution in [0, 0.1) is 0 Å². The number of anilines is 1. The maximum Gasteiger partial charge on any atom is 0.416 e. The number of rotatable bonds is 8. The van der Waals surface area contributed by atoms with E-state index in [-0.39, 0.29) is 17.0 Å². The van der Waals surface area contributed by atoms with Crippen molar-refractivity contribution in [3.8, 4) is 17.1 Å². The number of nitrogens with zero attached hydrogens (tertiary/aromatic N) is 3. The van der Waals surface area contributed by atoms with E-state index in [0.29, 0.717) is 49.7 Å². The molecule has 39 heavy (non-hydrogen) atoms. The number of pyridine rings is 2. The first kappa shape index (κ1) is 28.6. The summed E-state index contributed by atoms with van der Waals surface area (Å²) in [5.41, 5.74) is 1.01. The van der Waals surface area contributed by atoms with Gasteiger partial charge in [-0.05, 0) is 68.8 Å². The summed E-state index contributed by atoms with van der Waals surface area (Å²) in [5, 5.41) is 6.21. The van der Waals surface area contributed by atoms with Crippen molar-refractivity contribution >= 4 is 23.2 Å². The molecule has 0 radical (unpaired) electrons. The Morgan fingerprint density at radius 1 is 1.18 bits per heavy atom. The predicted molar refractivity (Wildman–Crippen MR) is 145 cm³/mol. The molecule has 1 aliphatic rings. The number of amides is 1. The summed E-state index contributed by atoms with van der Waals surface area (Å²) < 4.78 is 44.7. The van der Waals surface area contributed by atoms with Gasteiger partial charge in [0.1, 0.15) is 0 Å². The van der Waals surface area contributed by atoms with Crippen molar-refractivity contribution in [3.63, 3.8) is 0 Å². The van der Waals surface area contributed by atoms with Crippen molar-refractivity contribution in [1.82, 2.24) is 20.6 Å². The molecule has 1 aromatic carbocycles. The van der Waals surface area contributed by atoms with Crippen LogP contribution >= 0.6 is 11.6 Å². The number of methoxy groups -OCH3 is 1. The smallest absolute Gasteiger partial charge is 0.416 e. The molecule has 1 aliphatic heterocycles. The molecule has 0 unspecified atom stereocenters. The molecule has 208 valence electrons. The van der Waals surface area contributed by atoms with Gasteiger partial charge in [-0.25, -0.2) is 4.98 Å². The van der Waals surface area contributed by atoms with Crippen molar-refractivity contribution in [2.24, 2.45) is 0 Å². The first-order chi connectivity index (χ1) is 18.6. The Labute approximate surface area is 230 Å². The van der Waals surface area contributed by atoms with Gasteiger partial charge in [0.15, 0.2) is 0 Å². The number of alkyl halides is 3. The normalized spacial score (nSPS) is 16.0. The zero-order valence-corrected chi connectivity index (χ0v) is 22.7. The number of likely N-dealkylation sites (N-methyl/N-ethyl adjacent to an activating group) is 1. The third kappa shape index (κ3) is 6.12. The number of piperidine rings is 1. The van der Waals surface area contributed by atoms with E-state index in [0.717, 1.165) is 23.3 Å². The zero-order chi connectivity index (χ0) is 28.2.